The molecular formula is C26H30Cl2FN3O3S. The molecule has 0 amide bonds. The van der Waals surface area contributed by atoms with Crippen molar-refractivity contribution in [2.45, 2.75) is 42.0 Å². The van der Waals surface area contributed by atoms with E-state index in [2.05, 4.69) is 27.2 Å². The second-order valence-corrected chi connectivity index (χ2v) is 10.7. The number of rotatable bonds is 8. The Bertz CT molecular complexity index is 1270. The molecule has 2 aliphatic rings. The maximum atomic E-state index is 14.1. The molecule has 3 aromatic rings. The van der Waals surface area contributed by atoms with E-state index < -0.39 is 10.0 Å². The van der Waals surface area contributed by atoms with Gasteiger partial charge in [0.2, 0.25) is 10.0 Å². The highest BCUT2D eigenvalue weighted by molar-refractivity contribution is 7.89. The molecule has 2 N–H and O–H groups in total. The number of fused-ring (bicyclic) bond motifs is 1. The summed E-state index contributed by atoms with van der Waals surface area (Å²) < 4.78 is 47.2. The third kappa shape index (κ3) is 5.68. The highest BCUT2D eigenvalue weighted by Gasteiger charge is 2.47. The van der Waals surface area contributed by atoms with Crippen LogP contribution in [0.15, 0.2) is 71.9 Å². The number of halogens is 3. The summed E-state index contributed by atoms with van der Waals surface area (Å²) in [5, 5.41) is 3.69. The van der Waals surface area contributed by atoms with E-state index in [0.29, 0.717) is 5.75 Å². The molecule has 1 fully saturated rings. The molecule has 0 saturated heterocycles. The van der Waals surface area contributed by atoms with Crippen molar-refractivity contribution in [1.29, 1.82) is 0 Å². The second kappa shape index (κ2) is 11.9. The lowest BCUT2D eigenvalue weighted by Crippen LogP contribution is -2.49. The Morgan fingerprint density at radius 2 is 1.94 bits per heavy atom. The van der Waals surface area contributed by atoms with Crippen LogP contribution in [0.3, 0.4) is 0 Å². The molecule has 36 heavy (non-hydrogen) atoms. The molecule has 6 nitrogen and oxygen atoms in total. The smallest absolute Gasteiger partial charge is 0.242 e. The van der Waals surface area contributed by atoms with Crippen molar-refractivity contribution in [3.05, 3.63) is 89.5 Å². The van der Waals surface area contributed by atoms with E-state index in [0.717, 1.165) is 37.8 Å². The summed E-state index contributed by atoms with van der Waals surface area (Å²) in [4.78, 5) is 3.98. The summed E-state index contributed by atoms with van der Waals surface area (Å²) in [6.07, 6.45) is 6.91. The summed E-state index contributed by atoms with van der Waals surface area (Å²) in [5.41, 5.74) is 3.37. The van der Waals surface area contributed by atoms with Gasteiger partial charge in [-0.2, -0.15) is 0 Å². The molecule has 10 heteroatoms. The normalized spacial score (nSPS) is 18.1. The molecule has 0 bridgehead atoms. The molecule has 1 aromatic heterocycles. The number of nitrogens with one attached hydrogen (secondary N) is 2. The molecule has 0 spiro atoms. The fraction of sp³-hybridized carbons (Fsp3) is 0.346. The zero-order valence-electron chi connectivity index (χ0n) is 19.7. The zero-order valence-corrected chi connectivity index (χ0v) is 22.1. The number of ether oxygens (including phenoxy) is 1. The number of hydrogen-bond acceptors (Lipinski definition) is 5. The minimum absolute atomic E-state index is 0. The largest absolute Gasteiger partial charge is 0.492 e. The number of aromatic nitrogens is 1. The average molecular weight is 555 g/mol. The Balaban J connectivity index is 0.00000180. The summed E-state index contributed by atoms with van der Waals surface area (Å²) in [5.74, 6) is 0.493. The molecule has 1 atom stereocenters. The lowest BCUT2D eigenvalue weighted by molar-refractivity contribution is 0.164. The van der Waals surface area contributed by atoms with Crippen LogP contribution in [0.2, 0.25) is 0 Å². The average Bonchev–Trinajstić information content (AvgIpc) is 2.82. The highest BCUT2D eigenvalue weighted by atomic mass is 35.5. The lowest BCUT2D eigenvalue weighted by Gasteiger charge is -2.50. The summed E-state index contributed by atoms with van der Waals surface area (Å²) in [6, 6.07) is 16.2. The second-order valence-electron chi connectivity index (χ2n) is 8.95. The Morgan fingerprint density at radius 3 is 2.64 bits per heavy atom. The molecule has 2 heterocycles. The van der Waals surface area contributed by atoms with E-state index in [1.54, 1.807) is 18.2 Å². The van der Waals surface area contributed by atoms with Crippen LogP contribution in [0.5, 0.6) is 5.75 Å². The van der Waals surface area contributed by atoms with Gasteiger partial charge in [0.1, 0.15) is 23.1 Å². The monoisotopic (exact) mass is 553 g/mol. The van der Waals surface area contributed by atoms with Crippen molar-refractivity contribution in [1.82, 2.24) is 15.0 Å². The number of pyridine rings is 1. The number of nitrogens with zero attached hydrogens (tertiary/aromatic N) is 1. The van der Waals surface area contributed by atoms with Crippen LogP contribution in [-0.2, 0) is 21.9 Å². The van der Waals surface area contributed by atoms with E-state index in [9.17, 15) is 12.8 Å². The quantitative estimate of drug-likeness (QED) is 0.394. The zero-order chi connectivity index (χ0) is 23.6. The molecule has 5 rings (SSSR count). The van der Waals surface area contributed by atoms with Crippen LogP contribution < -0.4 is 14.8 Å². The first-order chi connectivity index (χ1) is 16.5. The first-order valence-corrected chi connectivity index (χ1v) is 13.1. The Labute approximate surface area is 223 Å². The highest BCUT2D eigenvalue weighted by Crippen LogP contribution is 2.53. The van der Waals surface area contributed by atoms with Gasteiger partial charge in [-0.05, 0) is 78.9 Å². The van der Waals surface area contributed by atoms with Gasteiger partial charge in [0.15, 0.2) is 0 Å². The molecule has 0 radical (unpaired) electrons. The SMILES string of the molecule is Cl.Cl.O=S(=O)(NCCOc1ccc2c(c1)C(C1(c3cccc(F)c3)CCC1)NCC2)c1cccnc1. The molecular weight excluding hydrogens is 524 g/mol. The predicted molar refractivity (Wildman–Crippen MR) is 142 cm³/mol. The molecule has 1 unspecified atom stereocenters. The fourth-order valence-electron chi connectivity index (χ4n) is 5.15. The van der Waals surface area contributed by atoms with Gasteiger partial charge in [-0.3, -0.25) is 4.98 Å². The van der Waals surface area contributed by atoms with Gasteiger partial charge in [-0.1, -0.05) is 24.6 Å². The van der Waals surface area contributed by atoms with Crippen molar-refractivity contribution in [2.24, 2.45) is 0 Å². The van der Waals surface area contributed by atoms with E-state index in [1.807, 2.05) is 12.1 Å². The van der Waals surface area contributed by atoms with Crippen molar-refractivity contribution >= 4 is 34.8 Å². The first kappa shape index (κ1) is 28.3. The van der Waals surface area contributed by atoms with Gasteiger partial charge in [0.05, 0.1) is 0 Å². The Hall–Kier alpha value is -2.23. The standard InChI is InChI=1S/C26H28FN3O3S.2ClH/c27-21-5-1-4-20(16-21)26(10-3-11-26)25-24-17-22(8-7-19(24)9-13-29-25)33-15-14-30-34(31,32)23-6-2-12-28-18-23;;/h1-2,4-8,12,16-18,25,29-30H,3,9-11,13-15H2;2*1H. The first-order valence-electron chi connectivity index (χ1n) is 11.6. The van der Waals surface area contributed by atoms with E-state index in [1.165, 1.54) is 35.7 Å². The third-order valence-electron chi connectivity index (χ3n) is 6.98. The van der Waals surface area contributed by atoms with Crippen LogP contribution in [0.25, 0.3) is 0 Å². The fourth-order valence-corrected chi connectivity index (χ4v) is 6.12. The van der Waals surface area contributed by atoms with E-state index in [4.69, 9.17) is 4.74 Å². The van der Waals surface area contributed by atoms with Crippen molar-refractivity contribution < 1.29 is 17.5 Å². The molecule has 1 aliphatic carbocycles. The van der Waals surface area contributed by atoms with Crippen LogP contribution in [0, 0.1) is 5.82 Å². The lowest BCUT2D eigenvalue weighted by atomic mass is 9.58. The van der Waals surface area contributed by atoms with Gasteiger partial charge >= 0.3 is 0 Å². The number of benzene rings is 2. The summed E-state index contributed by atoms with van der Waals surface area (Å²) in [7, 11) is -3.62. The van der Waals surface area contributed by atoms with E-state index in [-0.39, 0.29) is 60.1 Å². The Kier molecular flexibility index (Phi) is 9.35. The van der Waals surface area contributed by atoms with Crippen LogP contribution in [0.4, 0.5) is 4.39 Å². The maximum absolute atomic E-state index is 14.1. The number of sulfonamides is 1. The summed E-state index contributed by atoms with van der Waals surface area (Å²) in [6.45, 7) is 1.22. The summed E-state index contributed by atoms with van der Waals surface area (Å²) >= 11 is 0. The molecule has 2 aromatic carbocycles. The van der Waals surface area contributed by atoms with Crippen LogP contribution in [0.1, 0.15) is 42.0 Å². The van der Waals surface area contributed by atoms with Gasteiger partial charge in [-0.15, -0.1) is 24.8 Å². The van der Waals surface area contributed by atoms with Crippen LogP contribution >= 0.6 is 24.8 Å². The minimum Gasteiger partial charge on any atom is -0.492 e. The van der Waals surface area contributed by atoms with E-state index >= 15 is 0 Å². The van der Waals surface area contributed by atoms with Crippen molar-refractivity contribution in [2.75, 3.05) is 19.7 Å². The topological polar surface area (TPSA) is 80.3 Å². The molecule has 194 valence electrons. The molecule has 1 aliphatic heterocycles. The molecule has 1 saturated carbocycles. The van der Waals surface area contributed by atoms with Crippen molar-refractivity contribution in [3.8, 4) is 5.75 Å². The van der Waals surface area contributed by atoms with Gasteiger partial charge < -0.3 is 10.1 Å². The van der Waals surface area contributed by atoms with Gasteiger partial charge in [0.25, 0.3) is 0 Å². The minimum atomic E-state index is -3.62. The number of hydrogen-bond donors (Lipinski definition) is 2. The van der Waals surface area contributed by atoms with Gasteiger partial charge in [-0.25, -0.2) is 17.5 Å². The third-order valence-corrected chi connectivity index (χ3v) is 8.42. The predicted octanol–water partition coefficient (Wildman–Crippen LogP) is 4.73. The maximum Gasteiger partial charge on any atom is 0.242 e. The van der Waals surface area contributed by atoms with Crippen LogP contribution in [-0.4, -0.2) is 33.1 Å². The van der Waals surface area contributed by atoms with Gasteiger partial charge in [0, 0.05) is 30.4 Å². The Morgan fingerprint density at radius 1 is 1.11 bits per heavy atom. The van der Waals surface area contributed by atoms with Crippen molar-refractivity contribution in [3.63, 3.8) is 0 Å².